The van der Waals surface area contributed by atoms with Crippen LogP contribution in [-0.4, -0.2) is 17.2 Å². The summed E-state index contributed by atoms with van der Waals surface area (Å²) in [6.45, 7) is 0. The largest absolute Gasteiger partial charge is 0.494 e. The standard InChI is InChI=1S/C14H13ClFNO2/c1-19-14-5-2-9(6-11(14)16)7-13(18)12-4-3-10(15)8-17-12/h2-6,8,13,18H,7H2,1H3. The molecule has 5 heteroatoms. The zero-order valence-electron chi connectivity index (χ0n) is 10.3. The summed E-state index contributed by atoms with van der Waals surface area (Å²) < 4.78 is 18.4. The van der Waals surface area contributed by atoms with Crippen LogP contribution in [0.15, 0.2) is 36.5 Å². The minimum Gasteiger partial charge on any atom is -0.494 e. The van der Waals surface area contributed by atoms with Gasteiger partial charge in [0.05, 0.1) is 23.9 Å². The van der Waals surface area contributed by atoms with Gasteiger partial charge in [0.2, 0.25) is 0 Å². The summed E-state index contributed by atoms with van der Waals surface area (Å²) in [4.78, 5) is 4.03. The molecule has 0 saturated heterocycles. The number of methoxy groups -OCH3 is 1. The highest BCUT2D eigenvalue weighted by Gasteiger charge is 2.12. The van der Waals surface area contributed by atoms with Gasteiger partial charge in [-0.2, -0.15) is 0 Å². The van der Waals surface area contributed by atoms with Crippen molar-refractivity contribution in [2.24, 2.45) is 0 Å². The Morgan fingerprint density at radius 1 is 1.37 bits per heavy atom. The van der Waals surface area contributed by atoms with Crippen molar-refractivity contribution in [2.75, 3.05) is 7.11 Å². The van der Waals surface area contributed by atoms with Gasteiger partial charge < -0.3 is 9.84 Å². The fraction of sp³-hybridized carbons (Fsp3) is 0.214. The summed E-state index contributed by atoms with van der Waals surface area (Å²) in [6, 6.07) is 7.89. The van der Waals surface area contributed by atoms with Gasteiger partial charge in [0, 0.05) is 12.6 Å². The molecule has 1 aromatic carbocycles. The predicted octanol–water partition coefficient (Wildman–Crippen LogP) is 3.16. The van der Waals surface area contributed by atoms with E-state index in [9.17, 15) is 9.50 Å². The van der Waals surface area contributed by atoms with Crippen molar-refractivity contribution in [3.63, 3.8) is 0 Å². The van der Waals surface area contributed by atoms with E-state index in [2.05, 4.69) is 4.98 Å². The van der Waals surface area contributed by atoms with E-state index in [-0.39, 0.29) is 12.2 Å². The van der Waals surface area contributed by atoms with Gasteiger partial charge in [-0.1, -0.05) is 17.7 Å². The summed E-state index contributed by atoms with van der Waals surface area (Å²) >= 11 is 5.72. The first kappa shape index (κ1) is 13.8. The van der Waals surface area contributed by atoms with E-state index in [1.807, 2.05) is 0 Å². The average Bonchev–Trinajstić information content (AvgIpc) is 2.39. The van der Waals surface area contributed by atoms with Crippen molar-refractivity contribution >= 4 is 11.6 Å². The smallest absolute Gasteiger partial charge is 0.165 e. The van der Waals surface area contributed by atoms with Crippen molar-refractivity contribution in [3.05, 3.63) is 58.6 Å². The Morgan fingerprint density at radius 2 is 2.16 bits per heavy atom. The number of pyridine rings is 1. The molecule has 1 unspecified atom stereocenters. The first-order valence-corrected chi connectivity index (χ1v) is 6.10. The van der Waals surface area contributed by atoms with Gasteiger partial charge in [-0.15, -0.1) is 0 Å². The van der Waals surface area contributed by atoms with Gasteiger partial charge in [-0.3, -0.25) is 4.98 Å². The van der Waals surface area contributed by atoms with E-state index in [1.54, 1.807) is 18.2 Å². The van der Waals surface area contributed by atoms with Crippen LogP contribution in [0.2, 0.25) is 5.02 Å². The molecule has 2 rings (SSSR count). The van der Waals surface area contributed by atoms with E-state index < -0.39 is 11.9 Å². The molecule has 1 heterocycles. The second kappa shape index (κ2) is 5.99. The lowest BCUT2D eigenvalue weighted by atomic mass is 10.0. The van der Waals surface area contributed by atoms with Crippen molar-refractivity contribution in [3.8, 4) is 5.75 Å². The Morgan fingerprint density at radius 3 is 2.74 bits per heavy atom. The molecule has 1 N–H and O–H groups in total. The normalized spacial score (nSPS) is 12.2. The van der Waals surface area contributed by atoms with Gasteiger partial charge in [-0.25, -0.2) is 4.39 Å². The molecule has 19 heavy (non-hydrogen) atoms. The molecule has 100 valence electrons. The molecular formula is C14H13ClFNO2. The molecule has 0 radical (unpaired) electrons. The number of aliphatic hydroxyl groups excluding tert-OH is 1. The lowest BCUT2D eigenvalue weighted by molar-refractivity contribution is 0.173. The van der Waals surface area contributed by atoms with Crippen LogP contribution >= 0.6 is 11.6 Å². The van der Waals surface area contributed by atoms with Gasteiger partial charge in [0.1, 0.15) is 0 Å². The van der Waals surface area contributed by atoms with Crippen LogP contribution in [0.5, 0.6) is 5.75 Å². The topological polar surface area (TPSA) is 42.4 Å². The highest BCUT2D eigenvalue weighted by molar-refractivity contribution is 6.30. The Kier molecular flexibility index (Phi) is 4.35. The summed E-state index contributed by atoms with van der Waals surface area (Å²) in [7, 11) is 1.41. The molecule has 0 fully saturated rings. The van der Waals surface area contributed by atoms with E-state index in [0.717, 1.165) is 0 Å². The highest BCUT2D eigenvalue weighted by atomic mass is 35.5. The maximum atomic E-state index is 13.5. The molecule has 1 aromatic heterocycles. The van der Waals surface area contributed by atoms with Crippen LogP contribution < -0.4 is 4.74 Å². The molecule has 0 aliphatic carbocycles. The summed E-state index contributed by atoms with van der Waals surface area (Å²) in [6.07, 6.45) is 0.939. The molecule has 0 aliphatic heterocycles. The molecule has 0 saturated carbocycles. The van der Waals surface area contributed by atoms with Crippen LogP contribution in [0.4, 0.5) is 4.39 Å². The summed E-state index contributed by atoms with van der Waals surface area (Å²) in [5, 5.41) is 10.5. The van der Waals surface area contributed by atoms with Gasteiger partial charge in [0.15, 0.2) is 11.6 Å². The summed E-state index contributed by atoms with van der Waals surface area (Å²) in [5.41, 5.74) is 1.17. The van der Waals surface area contributed by atoms with E-state index in [0.29, 0.717) is 16.3 Å². The van der Waals surface area contributed by atoms with Crippen LogP contribution in [0.1, 0.15) is 17.4 Å². The predicted molar refractivity (Wildman–Crippen MR) is 70.9 cm³/mol. The molecule has 2 aromatic rings. The van der Waals surface area contributed by atoms with E-state index in [4.69, 9.17) is 16.3 Å². The number of aromatic nitrogens is 1. The monoisotopic (exact) mass is 281 g/mol. The second-order valence-corrected chi connectivity index (χ2v) is 4.53. The zero-order valence-corrected chi connectivity index (χ0v) is 11.1. The van der Waals surface area contributed by atoms with E-state index in [1.165, 1.54) is 25.4 Å². The van der Waals surface area contributed by atoms with Crippen LogP contribution in [0.25, 0.3) is 0 Å². The fourth-order valence-electron chi connectivity index (χ4n) is 1.75. The second-order valence-electron chi connectivity index (χ2n) is 4.09. The minimum atomic E-state index is -0.801. The lowest BCUT2D eigenvalue weighted by Crippen LogP contribution is -2.04. The number of hydrogen-bond acceptors (Lipinski definition) is 3. The Bertz CT molecular complexity index is 560. The first-order chi connectivity index (χ1) is 9.10. The Balaban J connectivity index is 2.12. The average molecular weight is 282 g/mol. The number of benzene rings is 1. The SMILES string of the molecule is COc1ccc(CC(O)c2ccc(Cl)cn2)cc1F. The Hall–Kier alpha value is -1.65. The highest BCUT2D eigenvalue weighted by Crippen LogP contribution is 2.22. The van der Waals surface area contributed by atoms with Crippen molar-refractivity contribution in [1.82, 2.24) is 4.98 Å². The van der Waals surface area contributed by atoms with Gasteiger partial charge in [0.25, 0.3) is 0 Å². The number of halogens is 2. The molecule has 0 spiro atoms. The molecule has 1 atom stereocenters. The minimum absolute atomic E-state index is 0.183. The van der Waals surface area contributed by atoms with Crippen LogP contribution in [-0.2, 0) is 6.42 Å². The molecular weight excluding hydrogens is 269 g/mol. The maximum Gasteiger partial charge on any atom is 0.165 e. The molecule has 0 bridgehead atoms. The van der Waals surface area contributed by atoms with Gasteiger partial charge >= 0.3 is 0 Å². The molecule has 3 nitrogen and oxygen atoms in total. The lowest BCUT2D eigenvalue weighted by Gasteiger charge is -2.11. The summed E-state index contributed by atoms with van der Waals surface area (Å²) in [5.74, 6) is -0.265. The van der Waals surface area contributed by atoms with Gasteiger partial charge in [-0.05, 0) is 29.8 Å². The quantitative estimate of drug-likeness (QED) is 0.936. The third-order valence-corrected chi connectivity index (χ3v) is 2.96. The Labute approximate surface area is 115 Å². The van der Waals surface area contributed by atoms with Crippen LogP contribution in [0, 0.1) is 5.82 Å². The fourth-order valence-corrected chi connectivity index (χ4v) is 1.86. The number of nitrogens with zero attached hydrogens (tertiary/aromatic N) is 1. The molecule has 0 amide bonds. The maximum absolute atomic E-state index is 13.5. The number of ether oxygens (including phenoxy) is 1. The third kappa shape index (κ3) is 3.43. The number of rotatable bonds is 4. The van der Waals surface area contributed by atoms with Crippen molar-refractivity contribution in [1.29, 1.82) is 0 Å². The zero-order chi connectivity index (χ0) is 13.8. The molecule has 0 aliphatic rings. The number of aliphatic hydroxyl groups is 1. The van der Waals surface area contributed by atoms with Crippen molar-refractivity contribution < 1.29 is 14.2 Å². The van der Waals surface area contributed by atoms with E-state index >= 15 is 0 Å². The van der Waals surface area contributed by atoms with Crippen LogP contribution in [0.3, 0.4) is 0 Å². The first-order valence-electron chi connectivity index (χ1n) is 5.72. The third-order valence-electron chi connectivity index (χ3n) is 2.74. The van der Waals surface area contributed by atoms with Crippen molar-refractivity contribution in [2.45, 2.75) is 12.5 Å². The number of hydrogen-bond donors (Lipinski definition) is 1.